The summed E-state index contributed by atoms with van der Waals surface area (Å²) in [6, 6.07) is 0. The van der Waals surface area contributed by atoms with Crippen LogP contribution in [0.4, 0.5) is 0 Å². The van der Waals surface area contributed by atoms with Crippen molar-refractivity contribution in [3.05, 3.63) is 0 Å². The molecule has 0 saturated carbocycles. The van der Waals surface area contributed by atoms with Crippen molar-refractivity contribution in [3.63, 3.8) is 0 Å². The molecule has 0 amide bonds. The number of aliphatic hydroxyl groups is 2. The van der Waals surface area contributed by atoms with E-state index >= 15 is 0 Å². The molecule has 0 aliphatic heterocycles. The highest BCUT2D eigenvalue weighted by Crippen LogP contribution is 2.23. The quantitative estimate of drug-likeness (QED) is 0.418. The molecule has 6 heteroatoms. The second kappa shape index (κ2) is 5.93. The number of nitrogens with two attached hydrogens (primary N) is 1. The molecule has 0 saturated heterocycles. The Balaban J connectivity index is 4.81. The third-order valence-electron chi connectivity index (χ3n) is 2.51. The minimum atomic E-state index is -1.51. The van der Waals surface area contributed by atoms with Gasteiger partial charge in [0.25, 0.3) is 0 Å². The van der Waals surface area contributed by atoms with Crippen molar-refractivity contribution < 1.29 is 24.9 Å². The van der Waals surface area contributed by atoms with Crippen LogP contribution in [0.15, 0.2) is 0 Å². The van der Waals surface area contributed by atoms with Crippen LogP contribution >= 0.6 is 0 Å². The summed E-state index contributed by atoms with van der Waals surface area (Å²) in [4.78, 5) is 22.5. The Labute approximate surface area is 94.1 Å². The van der Waals surface area contributed by atoms with Gasteiger partial charge >= 0.3 is 5.97 Å². The van der Waals surface area contributed by atoms with E-state index in [9.17, 15) is 14.7 Å². The Bertz CT molecular complexity index is 264. The standard InChI is InChI=1S/C10H19NO5/c1-10(2,5-12)8(14)7(13)6(3-4-11)9(15)16/h6,8,12,14H,3-5,11H2,1-2H3,(H,15,16)/t6?,8-/m0/s1. The SMILES string of the molecule is CC(C)(CO)[C@@H](O)C(=O)C(CCN)C(=O)O. The summed E-state index contributed by atoms with van der Waals surface area (Å²) in [5.41, 5.74) is 4.14. The molecule has 0 rings (SSSR count). The largest absolute Gasteiger partial charge is 0.481 e. The smallest absolute Gasteiger partial charge is 0.314 e. The van der Waals surface area contributed by atoms with E-state index in [0.717, 1.165) is 0 Å². The molecule has 0 heterocycles. The Morgan fingerprint density at radius 1 is 1.38 bits per heavy atom. The van der Waals surface area contributed by atoms with Crippen molar-refractivity contribution in [2.24, 2.45) is 17.1 Å². The van der Waals surface area contributed by atoms with Crippen LogP contribution in [0.3, 0.4) is 0 Å². The van der Waals surface area contributed by atoms with E-state index in [1.807, 2.05) is 0 Å². The first kappa shape index (κ1) is 15.0. The van der Waals surface area contributed by atoms with Crippen molar-refractivity contribution in [3.8, 4) is 0 Å². The van der Waals surface area contributed by atoms with Crippen LogP contribution in [-0.2, 0) is 9.59 Å². The lowest BCUT2D eigenvalue weighted by Crippen LogP contribution is -2.44. The second-order valence-electron chi connectivity index (χ2n) is 4.42. The number of carboxylic acid groups (broad SMARTS) is 1. The lowest BCUT2D eigenvalue weighted by atomic mass is 9.80. The van der Waals surface area contributed by atoms with E-state index in [2.05, 4.69) is 0 Å². The summed E-state index contributed by atoms with van der Waals surface area (Å²) in [6.07, 6.45) is -1.53. The zero-order chi connectivity index (χ0) is 12.9. The van der Waals surface area contributed by atoms with Crippen molar-refractivity contribution in [2.45, 2.75) is 26.4 Å². The molecule has 0 aliphatic carbocycles. The lowest BCUT2D eigenvalue weighted by molar-refractivity contribution is -0.152. The first-order chi connectivity index (χ1) is 7.27. The number of aliphatic carboxylic acids is 1. The minimum Gasteiger partial charge on any atom is -0.481 e. The number of ketones is 1. The molecule has 0 radical (unpaired) electrons. The van der Waals surface area contributed by atoms with Gasteiger partial charge in [0.2, 0.25) is 0 Å². The maximum Gasteiger partial charge on any atom is 0.314 e. The van der Waals surface area contributed by atoms with Gasteiger partial charge in [0, 0.05) is 5.41 Å². The van der Waals surface area contributed by atoms with E-state index in [1.165, 1.54) is 13.8 Å². The van der Waals surface area contributed by atoms with E-state index in [-0.39, 0.29) is 13.0 Å². The number of carbonyl (C=O) groups is 2. The third kappa shape index (κ3) is 3.55. The Morgan fingerprint density at radius 3 is 2.19 bits per heavy atom. The fraction of sp³-hybridized carbons (Fsp3) is 0.800. The molecular weight excluding hydrogens is 214 g/mol. The number of carboxylic acids is 1. The maximum absolute atomic E-state index is 11.7. The van der Waals surface area contributed by atoms with Gasteiger partial charge in [0.1, 0.15) is 12.0 Å². The van der Waals surface area contributed by atoms with Crippen molar-refractivity contribution >= 4 is 11.8 Å². The van der Waals surface area contributed by atoms with Gasteiger partial charge in [-0.15, -0.1) is 0 Å². The number of carbonyl (C=O) groups excluding carboxylic acids is 1. The molecule has 2 atom stereocenters. The molecule has 6 nitrogen and oxygen atoms in total. The van der Waals surface area contributed by atoms with Crippen LogP contribution in [0.1, 0.15) is 20.3 Å². The summed E-state index contributed by atoms with van der Waals surface area (Å²) in [7, 11) is 0. The molecule has 0 aliphatic rings. The lowest BCUT2D eigenvalue weighted by Gasteiger charge is -2.28. The highest BCUT2D eigenvalue weighted by atomic mass is 16.4. The topological polar surface area (TPSA) is 121 Å². The van der Waals surface area contributed by atoms with E-state index in [0.29, 0.717) is 0 Å². The second-order valence-corrected chi connectivity index (χ2v) is 4.42. The van der Waals surface area contributed by atoms with E-state index < -0.39 is 35.8 Å². The monoisotopic (exact) mass is 233 g/mol. The predicted octanol–water partition coefficient (Wildman–Crippen LogP) is -1.02. The van der Waals surface area contributed by atoms with Gasteiger partial charge in [0.15, 0.2) is 5.78 Å². The highest BCUT2D eigenvalue weighted by Gasteiger charge is 2.39. The molecular formula is C10H19NO5. The molecule has 0 fully saturated rings. The molecule has 0 bridgehead atoms. The fourth-order valence-corrected chi connectivity index (χ4v) is 1.22. The molecule has 16 heavy (non-hydrogen) atoms. The zero-order valence-electron chi connectivity index (χ0n) is 9.51. The van der Waals surface area contributed by atoms with Crippen molar-refractivity contribution in [2.75, 3.05) is 13.2 Å². The van der Waals surface area contributed by atoms with E-state index in [1.54, 1.807) is 0 Å². The van der Waals surface area contributed by atoms with Gasteiger partial charge in [0.05, 0.1) is 6.61 Å². The summed E-state index contributed by atoms with van der Waals surface area (Å²) < 4.78 is 0. The van der Waals surface area contributed by atoms with Gasteiger partial charge in [-0.1, -0.05) is 13.8 Å². The summed E-state index contributed by atoms with van der Waals surface area (Å²) in [5, 5.41) is 27.5. The highest BCUT2D eigenvalue weighted by molar-refractivity contribution is 6.00. The Kier molecular flexibility index (Phi) is 5.57. The zero-order valence-corrected chi connectivity index (χ0v) is 9.51. The van der Waals surface area contributed by atoms with Crippen LogP contribution < -0.4 is 5.73 Å². The van der Waals surface area contributed by atoms with Gasteiger partial charge in [-0.05, 0) is 13.0 Å². The number of Topliss-reactive ketones (excluding diaryl/α,β-unsaturated/α-hetero) is 1. The van der Waals surface area contributed by atoms with Crippen LogP contribution in [-0.4, -0.2) is 46.3 Å². The average Bonchev–Trinajstić information content (AvgIpc) is 2.23. The fourth-order valence-electron chi connectivity index (χ4n) is 1.22. The minimum absolute atomic E-state index is 0.0211. The number of hydrogen-bond donors (Lipinski definition) is 4. The van der Waals surface area contributed by atoms with Gasteiger partial charge in [-0.3, -0.25) is 9.59 Å². The first-order valence-corrected chi connectivity index (χ1v) is 5.03. The van der Waals surface area contributed by atoms with Gasteiger partial charge in [-0.2, -0.15) is 0 Å². The number of hydrogen-bond acceptors (Lipinski definition) is 5. The van der Waals surface area contributed by atoms with Gasteiger partial charge in [-0.25, -0.2) is 0 Å². The molecule has 94 valence electrons. The molecule has 0 aromatic heterocycles. The number of rotatable bonds is 7. The molecule has 5 N–H and O–H groups in total. The molecule has 1 unspecified atom stereocenters. The summed E-state index contributed by atoms with van der Waals surface area (Å²) >= 11 is 0. The third-order valence-corrected chi connectivity index (χ3v) is 2.51. The average molecular weight is 233 g/mol. The normalized spacial score (nSPS) is 15.6. The van der Waals surface area contributed by atoms with E-state index in [4.69, 9.17) is 15.9 Å². The maximum atomic E-state index is 11.7. The van der Waals surface area contributed by atoms with Gasteiger partial charge < -0.3 is 21.1 Å². The Morgan fingerprint density at radius 2 is 1.88 bits per heavy atom. The summed E-state index contributed by atoms with van der Waals surface area (Å²) in [6.45, 7) is 2.61. The first-order valence-electron chi connectivity index (χ1n) is 5.03. The molecule has 0 spiro atoms. The van der Waals surface area contributed by atoms with Crippen LogP contribution in [0.25, 0.3) is 0 Å². The Hall–Kier alpha value is -0.980. The molecule has 0 aromatic rings. The van der Waals surface area contributed by atoms with Crippen molar-refractivity contribution in [1.82, 2.24) is 0 Å². The predicted molar refractivity (Wildman–Crippen MR) is 56.7 cm³/mol. The van der Waals surface area contributed by atoms with Crippen LogP contribution in [0, 0.1) is 11.3 Å². The van der Waals surface area contributed by atoms with Crippen LogP contribution in [0.2, 0.25) is 0 Å². The molecule has 0 aromatic carbocycles. The van der Waals surface area contributed by atoms with Crippen molar-refractivity contribution in [1.29, 1.82) is 0 Å². The number of aliphatic hydroxyl groups excluding tert-OH is 2. The van der Waals surface area contributed by atoms with Crippen LogP contribution in [0.5, 0.6) is 0 Å². The summed E-state index contributed by atoms with van der Waals surface area (Å²) in [5.74, 6) is -3.42.